The van der Waals surface area contributed by atoms with E-state index in [9.17, 15) is 4.79 Å². The first kappa shape index (κ1) is 13.5. The van der Waals surface area contributed by atoms with E-state index in [1.54, 1.807) is 17.0 Å². The molecule has 1 heterocycles. The van der Waals surface area contributed by atoms with Crippen LogP contribution in [0.1, 0.15) is 10.4 Å². The lowest BCUT2D eigenvalue weighted by Crippen LogP contribution is -2.49. The number of carbonyl (C=O) groups excluding carboxylic acids is 1. The number of thiocarbonyl (C=S) groups is 1. The van der Waals surface area contributed by atoms with Crippen LogP contribution in [0.25, 0.3) is 0 Å². The number of nitrogens with zero attached hydrogens (tertiary/aromatic N) is 1. The van der Waals surface area contributed by atoms with Gasteiger partial charge >= 0.3 is 0 Å². The summed E-state index contributed by atoms with van der Waals surface area (Å²) in [5.41, 5.74) is 6.20. The fourth-order valence-electron chi connectivity index (χ4n) is 1.78. The molecule has 0 bridgehead atoms. The summed E-state index contributed by atoms with van der Waals surface area (Å²) in [4.78, 5) is 14.3. The number of morpholine rings is 1. The van der Waals surface area contributed by atoms with Crippen molar-refractivity contribution in [2.75, 3.05) is 19.7 Å². The van der Waals surface area contributed by atoms with E-state index in [2.05, 4.69) is 15.9 Å². The van der Waals surface area contributed by atoms with Crippen LogP contribution < -0.4 is 5.73 Å². The first-order chi connectivity index (χ1) is 8.58. The highest BCUT2D eigenvalue weighted by atomic mass is 79.9. The van der Waals surface area contributed by atoms with Crippen LogP contribution >= 0.6 is 28.1 Å². The van der Waals surface area contributed by atoms with E-state index < -0.39 is 0 Å². The first-order valence-electron chi connectivity index (χ1n) is 5.53. The molecule has 6 heteroatoms. The molecule has 1 aromatic rings. The van der Waals surface area contributed by atoms with Gasteiger partial charge in [-0.05, 0) is 24.3 Å². The van der Waals surface area contributed by atoms with Gasteiger partial charge < -0.3 is 15.4 Å². The Labute approximate surface area is 119 Å². The fourth-order valence-corrected chi connectivity index (χ4v) is 2.19. The molecule has 18 heavy (non-hydrogen) atoms. The van der Waals surface area contributed by atoms with Gasteiger partial charge in [0, 0.05) is 16.6 Å². The van der Waals surface area contributed by atoms with Gasteiger partial charge in [-0.3, -0.25) is 4.79 Å². The summed E-state index contributed by atoms with van der Waals surface area (Å²) in [6, 6.07) is 7.27. The third kappa shape index (κ3) is 3.07. The van der Waals surface area contributed by atoms with Gasteiger partial charge in [-0.15, -0.1) is 0 Å². The predicted molar refractivity (Wildman–Crippen MR) is 76.6 cm³/mol. The Morgan fingerprint density at radius 1 is 1.44 bits per heavy atom. The Hall–Kier alpha value is -0.980. The van der Waals surface area contributed by atoms with Gasteiger partial charge in [0.25, 0.3) is 5.91 Å². The van der Waals surface area contributed by atoms with Gasteiger partial charge in [0.05, 0.1) is 13.2 Å². The van der Waals surface area contributed by atoms with Gasteiger partial charge in [-0.25, -0.2) is 0 Å². The minimum absolute atomic E-state index is 0.0212. The summed E-state index contributed by atoms with van der Waals surface area (Å²) < 4.78 is 6.35. The number of hydrogen-bond acceptors (Lipinski definition) is 3. The first-order valence-corrected chi connectivity index (χ1v) is 6.74. The Bertz CT molecular complexity index is 464. The number of carbonyl (C=O) groups is 1. The molecule has 0 spiro atoms. The lowest BCUT2D eigenvalue weighted by Gasteiger charge is -2.32. The zero-order valence-corrected chi connectivity index (χ0v) is 12.0. The second-order valence-electron chi connectivity index (χ2n) is 4.02. The van der Waals surface area contributed by atoms with Gasteiger partial charge in [0.15, 0.2) is 0 Å². The molecule has 96 valence electrons. The summed E-state index contributed by atoms with van der Waals surface area (Å²) in [5.74, 6) is -0.0212. The maximum Gasteiger partial charge on any atom is 0.254 e. The Balaban J connectivity index is 2.09. The molecule has 0 aliphatic carbocycles. The van der Waals surface area contributed by atoms with Crippen LogP contribution in [0.3, 0.4) is 0 Å². The van der Waals surface area contributed by atoms with Gasteiger partial charge in [-0.1, -0.05) is 28.1 Å². The van der Waals surface area contributed by atoms with Crippen molar-refractivity contribution in [2.24, 2.45) is 5.73 Å². The minimum atomic E-state index is -0.340. The van der Waals surface area contributed by atoms with Crippen molar-refractivity contribution in [3.63, 3.8) is 0 Å². The highest BCUT2D eigenvalue weighted by molar-refractivity contribution is 9.10. The van der Waals surface area contributed by atoms with E-state index in [1.807, 2.05) is 12.1 Å². The summed E-state index contributed by atoms with van der Waals surface area (Å²) in [5, 5.41) is 0. The van der Waals surface area contributed by atoms with Crippen LogP contribution in [0.15, 0.2) is 28.7 Å². The number of amides is 1. The molecule has 1 aliphatic heterocycles. The molecule has 0 saturated carbocycles. The monoisotopic (exact) mass is 328 g/mol. The van der Waals surface area contributed by atoms with Gasteiger partial charge in [0.1, 0.15) is 11.1 Å². The highest BCUT2D eigenvalue weighted by Gasteiger charge is 2.26. The highest BCUT2D eigenvalue weighted by Crippen LogP contribution is 2.14. The summed E-state index contributed by atoms with van der Waals surface area (Å²) >= 11 is 8.24. The third-order valence-corrected chi connectivity index (χ3v) is 3.55. The quantitative estimate of drug-likeness (QED) is 0.837. The molecule has 1 saturated heterocycles. The Kier molecular flexibility index (Phi) is 4.31. The Morgan fingerprint density at radius 2 is 2.11 bits per heavy atom. The number of ether oxygens (including phenoxy) is 1. The van der Waals surface area contributed by atoms with E-state index in [-0.39, 0.29) is 12.0 Å². The van der Waals surface area contributed by atoms with E-state index in [0.29, 0.717) is 30.2 Å². The van der Waals surface area contributed by atoms with Crippen LogP contribution in [-0.4, -0.2) is 41.6 Å². The number of hydrogen-bond donors (Lipinski definition) is 1. The summed E-state index contributed by atoms with van der Waals surface area (Å²) in [7, 11) is 0. The average molecular weight is 329 g/mol. The zero-order chi connectivity index (χ0) is 13.1. The SMILES string of the molecule is NC(=S)C1CN(C(=O)c2ccc(Br)cc2)CCO1. The standard InChI is InChI=1S/C12H13BrN2O2S/c13-9-3-1-8(2-4-9)12(16)15-5-6-17-10(7-15)11(14)18/h1-4,10H,5-7H2,(H2,14,18). The van der Waals surface area contributed by atoms with Crippen LogP contribution in [-0.2, 0) is 4.74 Å². The van der Waals surface area contributed by atoms with E-state index in [4.69, 9.17) is 22.7 Å². The second kappa shape index (κ2) is 5.77. The summed E-state index contributed by atoms with van der Waals surface area (Å²) in [6.07, 6.45) is -0.340. The van der Waals surface area contributed by atoms with E-state index in [0.717, 1.165) is 4.47 Å². The molecule has 2 N–H and O–H groups in total. The van der Waals surface area contributed by atoms with E-state index >= 15 is 0 Å². The Morgan fingerprint density at radius 3 is 2.72 bits per heavy atom. The largest absolute Gasteiger partial charge is 0.391 e. The molecule has 1 fully saturated rings. The van der Waals surface area contributed by atoms with Gasteiger partial charge in [-0.2, -0.15) is 0 Å². The van der Waals surface area contributed by atoms with Crippen molar-refractivity contribution in [1.82, 2.24) is 4.90 Å². The van der Waals surface area contributed by atoms with E-state index in [1.165, 1.54) is 0 Å². The van der Waals surface area contributed by atoms with Crippen LogP contribution in [0, 0.1) is 0 Å². The van der Waals surface area contributed by atoms with Crippen LogP contribution in [0.5, 0.6) is 0 Å². The molecule has 0 aromatic heterocycles. The number of nitrogens with two attached hydrogens (primary N) is 1. The maximum atomic E-state index is 12.3. The van der Waals surface area contributed by atoms with Crippen LogP contribution in [0.2, 0.25) is 0 Å². The lowest BCUT2D eigenvalue weighted by molar-refractivity contribution is 0.00879. The molecule has 1 amide bonds. The molecule has 4 nitrogen and oxygen atoms in total. The molecular weight excluding hydrogens is 316 g/mol. The van der Waals surface area contributed by atoms with Crippen molar-refractivity contribution >= 4 is 39.0 Å². The lowest BCUT2D eigenvalue weighted by atomic mass is 10.1. The molecule has 1 unspecified atom stereocenters. The van der Waals surface area contributed by atoms with Crippen molar-refractivity contribution in [2.45, 2.75) is 6.10 Å². The van der Waals surface area contributed by atoms with Gasteiger partial charge in [0.2, 0.25) is 0 Å². The van der Waals surface area contributed by atoms with Crippen molar-refractivity contribution in [3.8, 4) is 0 Å². The molecule has 2 rings (SSSR count). The molecular formula is C12H13BrN2O2S. The number of halogens is 1. The minimum Gasteiger partial charge on any atom is -0.391 e. The molecule has 1 atom stereocenters. The second-order valence-corrected chi connectivity index (χ2v) is 5.41. The maximum absolute atomic E-state index is 12.3. The van der Waals surface area contributed by atoms with Crippen LogP contribution in [0.4, 0.5) is 0 Å². The zero-order valence-electron chi connectivity index (χ0n) is 9.64. The topological polar surface area (TPSA) is 55.6 Å². The van der Waals surface area contributed by atoms with Crippen molar-refractivity contribution in [3.05, 3.63) is 34.3 Å². The smallest absolute Gasteiger partial charge is 0.254 e. The summed E-state index contributed by atoms with van der Waals surface area (Å²) in [6.45, 7) is 1.45. The number of rotatable bonds is 2. The molecule has 1 aliphatic rings. The normalized spacial score (nSPS) is 19.6. The average Bonchev–Trinajstić information content (AvgIpc) is 2.39. The number of benzene rings is 1. The van der Waals surface area contributed by atoms with Crippen molar-refractivity contribution < 1.29 is 9.53 Å². The molecule has 1 aromatic carbocycles. The van der Waals surface area contributed by atoms with Crippen molar-refractivity contribution in [1.29, 1.82) is 0 Å². The fraction of sp³-hybridized carbons (Fsp3) is 0.333. The third-order valence-electron chi connectivity index (χ3n) is 2.76. The molecule has 0 radical (unpaired) electrons. The predicted octanol–water partition coefficient (Wildman–Crippen LogP) is 1.58.